The summed E-state index contributed by atoms with van der Waals surface area (Å²) < 4.78 is 0. The Balaban J connectivity index is 1.24. The third-order valence-electron chi connectivity index (χ3n) is 10.7. The average molecular weight is 755 g/mol. The number of aromatic nitrogens is 4. The van der Waals surface area contributed by atoms with E-state index in [0.717, 1.165) is 0 Å². The molecule has 3 atom stereocenters. The van der Waals surface area contributed by atoms with Crippen LogP contribution in [0.1, 0.15) is 71.5 Å². The third-order valence-corrected chi connectivity index (χ3v) is 10.7. The van der Waals surface area contributed by atoms with Gasteiger partial charge in [-0.25, -0.2) is 19.6 Å². The summed E-state index contributed by atoms with van der Waals surface area (Å²) in [5, 5.41) is 46.8. The molecule has 0 fully saturated rings. The van der Waals surface area contributed by atoms with Crippen LogP contribution >= 0.6 is 0 Å². The number of ketones is 2. The van der Waals surface area contributed by atoms with Crippen molar-refractivity contribution in [1.29, 1.82) is 0 Å². The molecule has 16 nitrogen and oxygen atoms in total. The lowest BCUT2D eigenvalue weighted by atomic mass is 9.77. The Hall–Kier alpha value is -7.36. The molecule has 8 N–H and O–H groups in total. The van der Waals surface area contributed by atoms with E-state index < -0.39 is 47.2 Å². The lowest BCUT2D eigenvalue weighted by molar-refractivity contribution is -0.115. The number of aromatic amines is 2. The van der Waals surface area contributed by atoms with Crippen LogP contribution in [0.4, 0.5) is 9.59 Å². The van der Waals surface area contributed by atoms with Crippen LogP contribution < -0.4 is 10.6 Å². The van der Waals surface area contributed by atoms with Crippen molar-refractivity contribution in [2.75, 3.05) is 20.6 Å². The van der Waals surface area contributed by atoms with Crippen LogP contribution in [-0.4, -0.2) is 96.2 Å². The molecule has 0 saturated carbocycles. The zero-order valence-corrected chi connectivity index (χ0v) is 30.3. The first-order chi connectivity index (χ1) is 26.8. The number of amides is 2. The molecule has 2 aliphatic heterocycles. The molecule has 4 heterocycles. The Morgan fingerprint density at radius 3 is 1.70 bits per heavy atom. The van der Waals surface area contributed by atoms with Crippen molar-refractivity contribution >= 4 is 57.5 Å². The first-order valence-corrected chi connectivity index (χ1v) is 17.6. The molecule has 4 bridgehead atoms. The number of nitrogens with one attached hydrogen (secondary N) is 4. The second kappa shape index (κ2) is 13.2. The highest BCUT2D eigenvalue weighted by molar-refractivity contribution is 6.53. The van der Waals surface area contributed by atoms with Crippen LogP contribution in [0.2, 0.25) is 0 Å². The summed E-state index contributed by atoms with van der Waals surface area (Å²) in [6.45, 7) is 3.26. The smallest absolute Gasteiger partial charge is 0.405 e. The number of hydrogen-bond donors (Lipinski definition) is 8. The number of imidazole rings is 2. The highest BCUT2D eigenvalue weighted by atomic mass is 16.4. The normalized spacial score (nSPS) is 20.8. The fourth-order valence-electron chi connectivity index (χ4n) is 8.11. The van der Waals surface area contributed by atoms with E-state index in [1.165, 1.54) is 7.05 Å². The van der Waals surface area contributed by atoms with Crippen molar-refractivity contribution in [2.24, 2.45) is 9.98 Å². The van der Waals surface area contributed by atoms with Crippen LogP contribution in [0.5, 0.6) is 0 Å². The number of allylic oxidation sites excluding steroid dienone is 6. The number of nitrogens with zero attached hydrogens (tertiary/aromatic N) is 4. The van der Waals surface area contributed by atoms with Gasteiger partial charge in [-0.3, -0.25) is 19.6 Å². The average Bonchev–Trinajstić information content (AvgIpc) is 3.83. The maximum absolute atomic E-state index is 13.8. The second-order valence-corrected chi connectivity index (χ2v) is 13.7. The van der Waals surface area contributed by atoms with Gasteiger partial charge >= 0.3 is 12.2 Å². The summed E-state index contributed by atoms with van der Waals surface area (Å²) in [5.41, 5.74) is 6.15. The molecule has 56 heavy (non-hydrogen) atoms. The minimum atomic E-state index is -1.42. The number of aliphatic hydroxyl groups is 2. The van der Waals surface area contributed by atoms with E-state index in [2.05, 4.69) is 40.6 Å². The number of carbonyl (C=O) groups excluding carboxylic acids is 2. The van der Waals surface area contributed by atoms with E-state index in [1.807, 2.05) is 6.92 Å². The van der Waals surface area contributed by atoms with Gasteiger partial charge in [0.15, 0.2) is 11.5 Å². The van der Waals surface area contributed by atoms with Gasteiger partial charge in [0, 0.05) is 54.8 Å². The molecule has 2 aromatic heterocycles. The number of fused-ring (bicyclic) bond motifs is 6. The summed E-state index contributed by atoms with van der Waals surface area (Å²) in [5.74, 6) is -1.78. The summed E-state index contributed by atoms with van der Waals surface area (Å²) in [4.78, 5) is 75.3. The van der Waals surface area contributed by atoms with Crippen molar-refractivity contribution in [2.45, 2.75) is 31.7 Å². The fraction of sp³-hybridized carbons (Fsp3) is 0.200. The van der Waals surface area contributed by atoms with Crippen molar-refractivity contribution in [3.63, 3.8) is 0 Å². The van der Waals surface area contributed by atoms with E-state index >= 15 is 0 Å². The standard InChI is InChI=1S/C40H34N8O8/c1-15-25-29(23-13-43-37(15)46-23)31(41-3)27(35(51)33(25)49)18-7-5-17(6-8-18)20-10-9-19(11-21(20)22(48-40(55)56)12-45-39(53)54)28-32(42-4)30-24-14-44-38(47-24)16(2)26(30)34(50)36(28)52/h5-11,13-16,22,45,48,51-52H,12H2,1-4H3,(H,43,46)(H,44,47)(H,53,54)(H,55,56). The summed E-state index contributed by atoms with van der Waals surface area (Å²) in [6.07, 6.45) is 0.427. The summed E-state index contributed by atoms with van der Waals surface area (Å²) in [7, 11) is 3.10. The van der Waals surface area contributed by atoms with Crippen molar-refractivity contribution in [3.05, 3.63) is 117 Å². The maximum atomic E-state index is 13.8. The molecule has 0 radical (unpaired) electrons. The molecule has 4 aromatic rings. The third kappa shape index (κ3) is 5.36. The zero-order chi connectivity index (χ0) is 39.7. The number of carboxylic acid groups (broad SMARTS) is 2. The molecule has 8 rings (SSSR count). The van der Waals surface area contributed by atoms with Crippen molar-refractivity contribution < 1.29 is 39.6 Å². The van der Waals surface area contributed by atoms with E-state index in [9.17, 15) is 39.6 Å². The minimum absolute atomic E-state index is 0.107. The SMILES string of the molecule is CN=C1C(c2ccc(-c3ccc(C4=C(O)C(=O)C5=C(C4=NC)c4cnc([nH]4)C5C)cc3C(CNC(=O)O)NC(=O)O)cc2)=C(O)C(=O)C2=C1c1cnc([nH]1)C2C. The summed E-state index contributed by atoms with van der Waals surface area (Å²) in [6, 6.07) is 10.6. The van der Waals surface area contributed by atoms with Crippen LogP contribution in [0, 0.1) is 0 Å². The van der Waals surface area contributed by atoms with Gasteiger partial charge < -0.3 is 41.0 Å². The number of H-pyrrole nitrogens is 2. The van der Waals surface area contributed by atoms with Crippen LogP contribution in [-0.2, 0) is 9.59 Å². The van der Waals surface area contributed by atoms with E-state index in [-0.39, 0.29) is 23.6 Å². The predicted molar refractivity (Wildman–Crippen MR) is 205 cm³/mol. The van der Waals surface area contributed by atoms with Crippen LogP contribution in [0.15, 0.2) is 87.5 Å². The van der Waals surface area contributed by atoms with Gasteiger partial charge in [-0.1, -0.05) is 50.2 Å². The largest absolute Gasteiger partial charge is 0.504 e. The predicted octanol–water partition coefficient (Wildman–Crippen LogP) is 5.36. The van der Waals surface area contributed by atoms with Gasteiger partial charge in [0.1, 0.15) is 11.6 Å². The van der Waals surface area contributed by atoms with E-state index in [0.29, 0.717) is 84.6 Å². The quantitative estimate of drug-likeness (QED) is 0.112. The summed E-state index contributed by atoms with van der Waals surface area (Å²) >= 11 is 0. The van der Waals surface area contributed by atoms with Crippen molar-refractivity contribution in [3.8, 4) is 11.1 Å². The van der Waals surface area contributed by atoms with Crippen LogP contribution in [0.25, 0.3) is 33.4 Å². The number of aliphatic hydroxyl groups excluding tert-OH is 2. The minimum Gasteiger partial charge on any atom is -0.504 e. The topological polar surface area (TPSA) is 255 Å². The van der Waals surface area contributed by atoms with Crippen LogP contribution in [0.3, 0.4) is 0 Å². The van der Waals surface area contributed by atoms with Gasteiger partial charge in [-0.15, -0.1) is 0 Å². The number of aliphatic imine (C=N–C) groups is 2. The molecule has 2 amide bonds. The van der Waals surface area contributed by atoms with Crippen molar-refractivity contribution in [1.82, 2.24) is 30.6 Å². The molecular formula is C40H34N8O8. The Bertz CT molecular complexity index is 2640. The molecule has 0 spiro atoms. The lowest BCUT2D eigenvalue weighted by Crippen LogP contribution is -2.37. The lowest BCUT2D eigenvalue weighted by Gasteiger charge is -2.29. The molecule has 2 aromatic carbocycles. The van der Waals surface area contributed by atoms with Gasteiger partial charge in [0.25, 0.3) is 0 Å². The number of carbonyl (C=O) groups is 4. The molecule has 2 aliphatic carbocycles. The number of benzene rings is 2. The van der Waals surface area contributed by atoms with E-state index in [4.69, 9.17) is 0 Å². The number of rotatable bonds is 7. The Kier molecular flexibility index (Phi) is 8.40. The van der Waals surface area contributed by atoms with Gasteiger partial charge in [-0.05, 0) is 33.9 Å². The van der Waals surface area contributed by atoms with Gasteiger partial charge in [-0.2, -0.15) is 0 Å². The zero-order valence-electron chi connectivity index (χ0n) is 30.3. The first kappa shape index (κ1) is 35.7. The maximum Gasteiger partial charge on any atom is 0.405 e. The van der Waals surface area contributed by atoms with E-state index in [1.54, 1.807) is 68.8 Å². The van der Waals surface area contributed by atoms with Gasteiger partial charge in [0.2, 0.25) is 11.6 Å². The molecule has 282 valence electrons. The Morgan fingerprint density at radius 2 is 1.21 bits per heavy atom. The molecule has 0 saturated heterocycles. The monoisotopic (exact) mass is 754 g/mol. The Labute approximate surface area is 317 Å². The molecule has 16 heteroatoms. The second-order valence-electron chi connectivity index (χ2n) is 13.7. The highest BCUT2D eigenvalue weighted by Crippen LogP contribution is 2.46. The number of hydrogen-bond acceptors (Lipinski definition) is 10. The Morgan fingerprint density at radius 1 is 0.732 bits per heavy atom. The molecule has 3 unspecified atom stereocenters. The van der Waals surface area contributed by atoms with Gasteiger partial charge in [0.05, 0.1) is 52.4 Å². The number of Topliss-reactive ketones (excluding diaryl/α,β-unsaturated/α-hetero) is 2. The molecule has 4 aliphatic rings. The fourth-order valence-corrected chi connectivity index (χ4v) is 8.11. The molecular weight excluding hydrogens is 720 g/mol. The first-order valence-electron chi connectivity index (χ1n) is 17.6. The highest BCUT2D eigenvalue weighted by Gasteiger charge is 2.42.